The number of sulfonamides is 1. The largest absolute Gasteiger partial charge is 0.506 e. The van der Waals surface area contributed by atoms with Gasteiger partial charge < -0.3 is 29.7 Å². The van der Waals surface area contributed by atoms with Crippen molar-refractivity contribution in [3.63, 3.8) is 0 Å². The Balaban J connectivity index is 1.18. The van der Waals surface area contributed by atoms with E-state index < -0.39 is 16.1 Å². The number of hydrogen-bond acceptors (Lipinski definition) is 8. The molecule has 37 heavy (non-hydrogen) atoms. The number of phenolic OH excluding ortho intramolecular Hbond substituents is 1. The van der Waals surface area contributed by atoms with Crippen LogP contribution in [0, 0.1) is 0 Å². The lowest BCUT2D eigenvalue weighted by Crippen LogP contribution is -2.26. The highest BCUT2D eigenvalue weighted by Crippen LogP contribution is 2.29. The van der Waals surface area contributed by atoms with E-state index in [1.807, 2.05) is 54.6 Å². The second kappa shape index (κ2) is 12.0. The minimum atomic E-state index is -3.55. The summed E-state index contributed by atoms with van der Waals surface area (Å²) >= 11 is 0. The van der Waals surface area contributed by atoms with E-state index in [2.05, 4.69) is 10.0 Å². The maximum Gasteiger partial charge on any atom is 0.244 e. The van der Waals surface area contributed by atoms with Gasteiger partial charge in [0.1, 0.15) is 24.4 Å². The lowest BCUT2D eigenvalue weighted by atomic mass is 10.1. The minimum absolute atomic E-state index is 0.0166. The summed E-state index contributed by atoms with van der Waals surface area (Å²) in [7, 11) is -3.55. The smallest absolute Gasteiger partial charge is 0.244 e. The number of nitrogens with one attached hydrogen (secondary N) is 2. The number of hydrogen-bond donors (Lipinski definition) is 4. The van der Waals surface area contributed by atoms with Crippen molar-refractivity contribution in [1.82, 2.24) is 5.32 Å². The second-order valence-corrected chi connectivity index (χ2v) is 10.3. The number of benzene rings is 3. The van der Waals surface area contributed by atoms with Crippen LogP contribution >= 0.6 is 0 Å². The van der Waals surface area contributed by atoms with Gasteiger partial charge in [-0.3, -0.25) is 4.72 Å². The average molecular weight is 527 g/mol. The fourth-order valence-corrected chi connectivity index (χ4v) is 4.29. The number of ether oxygens (including phenoxy) is 3. The molecule has 2 atom stereocenters. The number of aliphatic hydroxyl groups excluding tert-OH is 1. The lowest BCUT2D eigenvalue weighted by molar-refractivity contribution is -0.0136. The van der Waals surface area contributed by atoms with Crippen LogP contribution in [0.3, 0.4) is 0 Å². The highest BCUT2D eigenvalue weighted by atomic mass is 32.2. The van der Waals surface area contributed by atoms with Crippen LogP contribution < -0.4 is 14.8 Å². The van der Waals surface area contributed by atoms with E-state index in [0.717, 1.165) is 17.4 Å². The van der Waals surface area contributed by atoms with Gasteiger partial charge in [-0.25, -0.2) is 8.42 Å². The summed E-state index contributed by atoms with van der Waals surface area (Å²) in [4.78, 5) is 0. The van der Waals surface area contributed by atoms with Crippen LogP contribution in [0.4, 0.5) is 5.69 Å². The minimum Gasteiger partial charge on any atom is -0.506 e. The lowest BCUT2D eigenvalue weighted by Gasteiger charge is -2.15. The van der Waals surface area contributed by atoms with E-state index in [9.17, 15) is 18.6 Å². The summed E-state index contributed by atoms with van der Waals surface area (Å²) in [6.07, 6.45) is 2.04. The Kier molecular flexibility index (Phi) is 8.54. The maximum atomic E-state index is 11.4. The molecular weight excluding hydrogens is 496 g/mol. The molecule has 0 amide bonds. The quantitative estimate of drug-likeness (QED) is 0.209. The first kappa shape index (κ1) is 26.3. The Morgan fingerprint density at radius 1 is 1.05 bits per heavy atom. The zero-order valence-electron chi connectivity index (χ0n) is 20.3. The first-order valence-corrected chi connectivity index (χ1v) is 13.6. The van der Waals surface area contributed by atoms with E-state index >= 15 is 0 Å². The van der Waals surface area contributed by atoms with Crippen LogP contribution in [-0.4, -0.2) is 50.9 Å². The molecule has 10 heteroatoms. The molecule has 0 saturated carbocycles. The van der Waals surface area contributed by atoms with Crippen molar-refractivity contribution in [3.8, 4) is 11.5 Å². The van der Waals surface area contributed by atoms with Gasteiger partial charge in [-0.15, -0.1) is 0 Å². The molecule has 3 aromatic rings. The first-order chi connectivity index (χ1) is 17.8. The zero-order valence-corrected chi connectivity index (χ0v) is 21.1. The van der Waals surface area contributed by atoms with Gasteiger partial charge in [-0.1, -0.05) is 36.4 Å². The third-order valence-electron chi connectivity index (χ3n) is 5.56. The van der Waals surface area contributed by atoms with Crippen molar-refractivity contribution in [1.29, 1.82) is 0 Å². The van der Waals surface area contributed by atoms with Crippen LogP contribution in [0.25, 0.3) is 5.76 Å². The molecule has 0 saturated heterocycles. The molecule has 0 fully saturated rings. The van der Waals surface area contributed by atoms with E-state index in [1.54, 1.807) is 6.26 Å². The van der Waals surface area contributed by atoms with E-state index in [1.165, 1.54) is 18.2 Å². The van der Waals surface area contributed by atoms with Gasteiger partial charge in [0.05, 0.1) is 18.0 Å². The molecule has 196 valence electrons. The normalized spacial score (nSPS) is 15.8. The van der Waals surface area contributed by atoms with Crippen LogP contribution in [-0.2, 0) is 25.9 Å². The molecule has 0 aromatic heterocycles. The van der Waals surface area contributed by atoms with Crippen LogP contribution in [0.15, 0.2) is 79.1 Å². The molecule has 0 radical (unpaired) electrons. The van der Waals surface area contributed by atoms with Crippen molar-refractivity contribution < 1.29 is 32.8 Å². The predicted octanol–water partition coefficient (Wildman–Crippen LogP) is 3.38. The van der Waals surface area contributed by atoms with Gasteiger partial charge in [-0.05, 0) is 47.5 Å². The highest BCUT2D eigenvalue weighted by molar-refractivity contribution is 7.92. The van der Waals surface area contributed by atoms with Crippen molar-refractivity contribution in [2.75, 3.05) is 30.7 Å². The third kappa shape index (κ3) is 7.88. The molecule has 0 spiro atoms. The molecular formula is C27H30N2O7S. The summed E-state index contributed by atoms with van der Waals surface area (Å²) in [6.45, 7) is 1.08. The van der Waals surface area contributed by atoms with Gasteiger partial charge in [0.25, 0.3) is 0 Å². The van der Waals surface area contributed by atoms with Gasteiger partial charge in [0, 0.05) is 25.1 Å². The molecule has 1 aliphatic rings. The molecule has 1 aliphatic heterocycles. The standard InChI is InChI=1S/C27H30N2O7S/c1-37(32,33)29-23-16-21(9-12-24(23)30)25(31)17-28-13-14-34-22-10-7-20(8-11-22)26-18-35-27(36-26)15-19-5-3-2-4-6-19/h2-12,16,18,25,27-31H,13-15,17H2,1H3. The summed E-state index contributed by atoms with van der Waals surface area (Å²) in [5.41, 5.74) is 2.51. The fourth-order valence-electron chi connectivity index (χ4n) is 3.72. The first-order valence-electron chi connectivity index (χ1n) is 11.8. The number of rotatable bonds is 12. The third-order valence-corrected chi connectivity index (χ3v) is 6.15. The fraction of sp³-hybridized carbons (Fsp3) is 0.259. The molecule has 4 rings (SSSR count). The molecule has 0 bridgehead atoms. The highest BCUT2D eigenvalue weighted by Gasteiger charge is 2.21. The van der Waals surface area contributed by atoms with Gasteiger partial charge in [-0.2, -0.15) is 0 Å². The molecule has 4 N–H and O–H groups in total. The Labute approximate surface area is 216 Å². The number of anilines is 1. The summed E-state index contributed by atoms with van der Waals surface area (Å²) in [6, 6.07) is 21.8. The Hall–Kier alpha value is -3.73. The zero-order chi connectivity index (χ0) is 26.3. The van der Waals surface area contributed by atoms with Gasteiger partial charge in [0.15, 0.2) is 5.76 Å². The van der Waals surface area contributed by atoms with Crippen LogP contribution in [0.1, 0.15) is 22.8 Å². The second-order valence-electron chi connectivity index (χ2n) is 8.60. The van der Waals surface area contributed by atoms with Gasteiger partial charge >= 0.3 is 0 Å². The Morgan fingerprint density at radius 2 is 1.81 bits per heavy atom. The summed E-state index contributed by atoms with van der Waals surface area (Å²) in [5.74, 6) is 1.15. The van der Waals surface area contributed by atoms with E-state index in [4.69, 9.17) is 14.2 Å². The molecule has 9 nitrogen and oxygen atoms in total. The average Bonchev–Trinajstić information content (AvgIpc) is 3.33. The molecule has 1 heterocycles. The summed E-state index contributed by atoms with van der Waals surface area (Å²) in [5, 5.41) is 23.3. The topological polar surface area (TPSA) is 126 Å². The SMILES string of the molecule is CS(=O)(=O)Nc1cc(C(O)CNCCOc2ccc(C3=COC(Cc4ccccc4)O3)cc2)ccc1O. The molecule has 2 unspecified atom stereocenters. The Morgan fingerprint density at radius 3 is 2.54 bits per heavy atom. The van der Waals surface area contributed by atoms with Crippen molar-refractivity contribution in [2.45, 2.75) is 18.8 Å². The number of phenols is 1. The molecule has 0 aliphatic carbocycles. The van der Waals surface area contributed by atoms with Crippen molar-refractivity contribution in [3.05, 3.63) is 95.7 Å². The monoisotopic (exact) mass is 526 g/mol. The van der Waals surface area contributed by atoms with E-state index in [-0.39, 0.29) is 24.3 Å². The Bertz CT molecular complexity index is 1310. The summed E-state index contributed by atoms with van der Waals surface area (Å²) < 4.78 is 42.4. The van der Waals surface area contributed by atoms with Crippen LogP contribution in [0.5, 0.6) is 11.5 Å². The van der Waals surface area contributed by atoms with Crippen LogP contribution in [0.2, 0.25) is 0 Å². The van der Waals surface area contributed by atoms with Crippen molar-refractivity contribution in [2.24, 2.45) is 0 Å². The van der Waals surface area contributed by atoms with Gasteiger partial charge in [0.2, 0.25) is 16.3 Å². The maximum absolute atomic E-state index is 11.4. The predicted molar refractivity (Wildman–Crippen MR) is 140 cm³/mol. The number of aliphatic hydroxyl groups is 1. The molecule has 3 aromatic carbocycles. The van der Waals surface area contributed by atoms with E-state index in [0.29, 0.717) is 36.6 Å². The number of aromatic hydroxyl groups is 1. The van der Waals surface area contributed by atoms with Crippen molar-refractivity contribution >= 4 is 21.5 Å².